The number of hydrogen-bond acceptors (Lipinski definition) is 2. The lowest BCUT2D eigenvalue weighted by molar-refractivity contribution is 0.305. The first-order valence-electron chi connectivity index (χ1n) is 6.27. The fraction of sp³-hybridized carbons (Fsp3) is 0.571. The van der Waals surface area contributed by atoms with Crippen LogP contribution in [-0.2, 0) is 0 Å². The molecule has 0 atom stereocenters. The first-order valence-corrected chi connectivity index (χ1v) is 6.27. The maximum absolute atomic E-state index is 5.66. The largest absolute Gasteiger partial charge is 0.494 e. The molecule has 0 bridgehead atoms. The van der Waals surface area contributed by atoms with E-state index in [0.717, 1.165) is 31.4 Å². The molecule has 0 heterocycles. The maximum Gasteiger partial charge on any atom is 0.119 e. The van der Waals surface area contributed by atoms with Crippen LogP contribution < -0.4 is 10.1 Å². The average Bonchev–Trinajstić information content (AvgIpc) is 3.10. The molecular weight excluding hydrogens is 198 g/mol. The number of unbranched alkanes of at least 4 members (excludes halogenated alkanes) is 1. The van der Waals surface area contributed by atoms with Crippen molar-refractivity contribution in [3.05, 3.63) is 29.8 Å². The van der Waals surface area contributed by atoms with Gasteiger partial charge in [0.1, 0.15) is 5.75 Å². The molecule has 1 saturated carbocycles. The molecule has 1 aliphatic carbocycles. The summed E-state index contributed by atoms with van der Waals surface area (Å²) in [5, 5.41) is 3.51. The number of hydrogen-bond donors (Lipinski definition) is 1. The SMILES string of the molecule is Cc1ccc(OCCCCNC2CC2)cc1. The fourth-order valence-corrected chi connectivity index (χ4v) is 1.65. The van der Waals surface area contributed by atoms with Gasteiger partial charge in [0.15, 0.2) is 0 Å². The van der Waals surface area contributed by atoms with Gasteiger partial charge in [-0.05, 0) is 51.3 Å². The van der Waals surface area contributed by atoms with Gasteiger partial charge in [-0.2, -0.15) is 0 Å². The lowest BCUT2D eigenvalue weighted by Crippen LogP contribution is -2.17. The lowest BCUT2D eigenvalue weighted by Gasteiger charge is -2.06. The lowest BCUT2D eigenvalue weighted by atomic mass is 10.2. The van der Waals surface area contributed by atoms with Crippen molar-refractivity contribution in [3.8, 4) is 5.75 Å². The molecule has 1 N–H and O–H groups in total. The van der Waals surface area contributed by atoms with E-state index in [4.69, 9.17) is 4.74 Å². The highest BCUT2D eigenvalue weighted by Gasteiger charge is 2.19. The van der Waals surface area contributed by atoms with Crippen molar-refractivity contribution in [1.82, 2.24) is 5.32 Å². The van der Waals surface area contributed by atoms with E-state index in [0.29, 0.717) is 0 Å². The van der Waals surface area contributed by atoms with E-state index in [-0.39, 0.29) is 0 Å². The van der Waals surface area contributed by atoms with E-state index < -0.39 is 0 Å². The van der Waals surface area contributed by atoms with E-state index >= 15 is 0 Å². The highest BCUT2D eigenvalue weighted by Crippen LogP contribution is 2.18. The van der Waals surface area contributed by atoms with Crippen molar-refractivity contribution < 1.29 is 4.74 Å². The Morgan fingerprint density at radius 3 is 2.62 bits per heavy atom. The zero-order valence-corrected chi connectivity index (χ0v) is 10.0. The van der Waals surface area contributed by atoms with Gasteiger partial charge < -0.3 is 10.1 Å². The molecule has 1 aromatic rings. The molecule has 2 heteroatoms. The highest BCUT2D eigenvalue weighted by atomic mass is 16.5. The van der Waals surface area contributed by atoms with Crippen LogP contribution in [0.5, 0.6) is 5.75 Å². The first kappa shape index (κ1) is 11.5. The van der Waals surface area contributed by atoms with Crippen LogP contribution >= 0.6 is 0 Å². The quantitative estimate of drug-likeness (QED) is 0.712. The molecule has 1 aromatic carbocycles. The van der Waals surface area contributed by atoms with Crippen LogP contribution in [0.4, 0.5) is 0 Å². The van der Waals surface area contributed by atoms with Crippen LogP contribution in [0.25, 0.3) is 0 Å². The third kappa shape index (κ3) is 4.23. The van der Waals surface area contributed by atoms with Gasteiger partial charge in [-0.15, -0.1) is 0 Å². The van der Waals surface area contributed by atoms with Crippen molar-refractivity contribution in [3.63, 3.8) is 0 Å². The topological polar surface area (TPSA) is 21.3 Å². The molecular formula is C14H21NO. The Morgan fingerprint density at radius 1 is 1.19 bits per heavy atom. The highest BCUT2D eigenvalue weighted by molar-refractivity contribution is 5.26. The minimum absolute atomic E-state index is 0.829. The predicted octanol–water partition coefficient (Wildman–Crippen LogP) is 2.91. The maximum atomic E-state index is 5.66. The van der Waals surface area contributed by atoms with E-state index in [1.54, 1.807) is 0 Å². The smallest absolute Gasteiger partial charge is 0.119 e. The van der Waals surface area contributed by atoms with Crippen molar-refractivity contribution in [2.45, 2.75) is 38.6 Å². The summed E-state index contributed by atoms with van der Waals surface area (Å²) in [6.45, 7) is 4.06. The second-order valence-corrected chi connectivity index (χ2v) is 4.60. The molecule has 2 nitrogen and oxygen atoms in total. The van der Waals surface area contributed by atoms with Crippen LogP contribution in [0, 0.1) is 6.92 Å². The Balaban J connectivity index is 1.51. The molecule has 2 rings (SSSR count). The van der Waals surface area contributed by atoms with Crippen LogP contribution in [0.1, 0.15) is 31.2 Å². The van der Waals surface area contributed by atoms with E-state index in [9.17, 15) is 0 Å². The average molecular weight is 219 g/mol. The number of benzene rings is 1. The minimum atomic E-state index is 0.829. The number of rotatable bonds is 7. The zero-order chi connectivity index (χ0) is 11.2. The zero-order valence-electron chi connectivity index (χ0n) is 10.0. The minimum Gasteiger partial charge on any atom is -0.494 e. The predicted molar refractivity (Wildman–Crippen MR) is 66.9 cm³/mol. The molecule has 88 valence electrons. The van der Waals surface area contributed by atoms with Gasteiger partial charge in [-0.25, -0.2) is 0 Å². The van der Waals surface area contributed by atoms with Gasteiger partial charge in [0.05, 0.1) is 6.61 Å². The summed E-state index contributed by atoms with van der Waals surface area (Å²) in [6, 6.07) is 9.08. The normalized spacial score (nSPS) is 15.1. The summed E-state index contributed by atoms with van der Waals surface area (Å²) < 4.78 is 5.66. The number of ether oxygens (including phenoxy) is 1. The van der Waals surface area contributed by atoms with Gasteiger partial charge in [-0.1, -0.05) is 17.7 Å². The molecule has 0 saturated heterocycles. The Labute approximate surface area is 98.0 Å². The number of aryl methyl sites for hydroxylation is 1. The van der Waals surface area contributed by atoms with E-state index in [1.165, 1.54) is 24.8 Å². The third-order valence-electron chi connectivity index (χ3n) is 2.87. The second-order valence-electron chi connectivity index (χ2n) is 4.60. The standard InChI is InChI=1S/C14H21NO/c1-12-4-8-14(9-5-12)16-11-3-2-10-15-13-6-7-13/h4-5,8-9,13,15H,2-3,6-7,10-11H2,1H3. The van der Waals surface area contributed by atoms with Crippen molar-refractivity contribution in [2.75, 3.05) is 13.2 Å². The Kier molecular flexibility index (Phi) is 4.23. The molecule has 16 heavy (non-hydrogen) atoms. The molecule has 0 spiro atoms. The second kappa shape index (κ2) is 5.90. The van der Waals surface area contributed by atoms with Gasteiger partial charge in [-0.3, -0.25) is 0 Å². The van der Waals surface area contributed by atoms with Crippen molar-refractivity contribution in [2.24, 2.45) is 0 Å². The van der Waals surface area contributed by atoms with Crippen LogP contribution in [0.2, 0.25) is 0 Å². The Bertz CT molecular complexity index is 303. The fourth-order valence-electron chi connectivity index (χ4n) is 1.65. The number of nitrogens with one attached hydrogen (secondary N) is 1. The first-order chi connectivity index (χ1) is 7.84. The monoisotopic (exact) mass is 219 g/mol. The summed E-state index contributed by atoms with van der Waals surface area (Å²) in [7, 11) is 0. The summed E-state index contributed by atoms with van der Waals surface area (Å²) in [6.07, 6.45) is 5.09. The molecule has 0 unspecified atom stereocenters. The molecule has 1 fully saturated rings. The van der Waals surface area contributed by atoms with Crippen LogP contribution in [0.15, 0.2) is 24.3 Å². The van der Waals surface area contributed by atoms with E-state index in [2.05, 4.69) is 24.4 Å². The molecule has 0 aliphatic heterocycles. The van der Waals surface area contributed by atoms with Crippen molar-refractivity contribution in [1.29, 1.82) is 0 Å². The van der Waals surface area contributed by atoms with Gasteiger partial charge in [0.25, 0.3) is 0 Å². The van der Waals surface area contributed by atoms with Crippen molar-refractivity contribution >= 4 is 0 Å². The Morgan fingerprint density at radius 2 is 1.94 bits per heavy atom. The molecule has 0 aromatic heterocycles. The summed E-state index contributed by atoms with van der Waals surface area (Å²) in [4.78, 5) is 0. The van der Waals surface area contributed by atoms with Gasteiger partial charge >= 0.3 is 0 Å². The Hall–Kier alpha value is -1.02. The summed E-state index contributed by atoms with van der Waals surface area (Å²) >= 11 is 0. The van der Waals surface area contributed by atoms with Crippen LogP contribution in [0.3, 0.4) is 0 Å². The molecule has 0 radical (unpaired) electrons. The van der Waals surface area contributed by atoms with Gasteiger partial charge in [0.2, 0.25) is 0 Å². The molecule has 0 amide bonds. The molecule has 1 aliphatic rings. The summed E-state index contributed by atoms with van der Waals surface area (Å²) in [5.41, 5.74) is 1.28. The third-order valence-corrected chi connectivity index (χ3v) is 2.87. The van der Waals surface area contributed by atoms with Gasteiger partial charge in [0, 0.05) is 6.04 Å². The van der Waals surface area contributed by atoms with Crippen LogP contribution in [-0.4, -0.2) is 19.2 Å². The summed E-state index contributed by atoms with van der Waals surface area (Å²) in [5.74, 6) is 0.987. The van der Waals surface area contributed by atoms with E-state index in [1.807, 2.05) is 12.1 Å².